The third kappa shape index (κ3) is 1.06. The standard InChI is InChI=1S/C9H11N3O/c1-5-4-7-8(9(13)12(5)3)11-6(2)10-7/h4H,1-3H3,(H,10,11). The number of rotatable bonds is 0. The molecule has 2 rings (SSSR count). The molecule has 4 nitrogen and oxygen atoms in total. The minimum Gasteiger partial charge on any atom is -0.342 e. The van der Waals surface area contributed by atoms with Crippen molar-refractivity contribution in [3.63, 3.8) is 0 Å². The van der Waals surface area contributed by atoms with Gasteiger partial charge >= 0.3 is 0 Å². The summed E-state index contributed by atoms with van der Waals surface area (Å²) >= 11 is 0. The number of H-pyrrole nitrogens is 1. The quantitative estimate of drug-likeness (QED) is 0.649. The number of aromatic nitrogens is 3. The molecule has 2 aromatic rings. The van der Waals surface area contributed by atoms with Crippen LogP contribution in [0.4, 0.5) is 0 Å². The maximum absolute atomic E-state index is 11.6. The van der Waals surface area contributed by atoms with E-state index >= 15 is 0 Å². The van der Waals surface area contributed by atoms with Crippen molar-refractivity contribution in [2.45, 2.75) is 13.8 Å². The number of imidazole rings is 1. The van der Waals surface area contributed by atoms with E-state index in [4.69, 9.17) is 0 Å². The molecule has 13 heavy (non-hydrogen) atoms. The lowest BCUT2D eigenvalue weighted by atomic mass is 10.3. The number of nitrogens with one attached hydrogen (secondary N) is 1. The van der Waals surface area contributed by atoms with E-state index in [2.05, 4.69) is 9.97 Å². The van der Waals surface area contributed by atoms with Crippen molar-refractivity contribution in [1.82, 2.24) is 14.5 Å². The Kier molecular flexibility index (Phi) is 1.52. The maximum Gasteiger partial charge on any atom is 0.278 e. The van der Waals surface area contributed by atoms with E-state index in [9.17, 15) is 4.79 Å². The molecule has 68 valence electrons. The lowest BCUT2D eigenvalue weighted by Crippen LogP contribution is -2.18. The molecular formula is C9H11N3O. The van der Waals surface area contributed by atoms with Crippen molar-refractivity contribution in [3.8, 4) is 0 Å². The van der Waals surface area contributed by atoms with Crippen molar-refractivity contribution in [2.75, 3.05) is 0 Å². The molecule has 0 atom stereocenters. The number of fused-ring (bicyclic) bond motifs is 1. The van der Waals surface area contributed by atoms with Crippen molar-refractivity contribution in [3.05, 3.63) is 27.9 Å². The summed E-state index contributed by atoms with van der Waals surface area (Å²) in [6, 6.07) is 1.93. The predicted octanol–water partition coefficient (Wildman–Crippen LogP) is 0.878. The molecule has 0 aliphatic heterocycles. The Morgan fingerprint density at radius 1 is 1.46 bits per heavy atom. The zero-order chi connectivity index (χ0) is 9.59. The SMILES string of the molecule is Cc1nc2c(=O)n(C)c(C)cc2[nH]1. The Balaban J connectivity index is 3.01. The average Bonchev–Trinajstić information content (AvgIpc) is 2.42. The summed E-state index contributed by atoms with van der Waals surface area (Å²) in [5.41, 5.74) is 2.23. The Bertz CT molecular complexity index is 521. The van der Waals surface area contributed by atoms with Gasteiger partial charge in [-0.2, -0.15) is 0 Å². The van der Waals surface area contributed by atoms with E-state index in [0.29, 0.717) is 5.52 Å². The van der Waals surface area contributed by atoms with Gasteiger partial charge in [0.05, 0.1) is 5.52 Å². The predicted molar refractivity (Wildman–Crippen MR) is 50.8 cm³/mol. The highest BCUT2D eigenvalue weighted by Crippen LogP contribution is 2.07. The Morgan fingerprint density at radius 2 is 2.15 bits per heavy atom. The Hall–Kier alpha value is -1.58. The third-order valence-electron chi connectivity index (χ3n) is 2.24. The smallest absolute Gasteiger partial charge is 0.278 e. The van der Waals surface area contributed by atoms with Crippen LogP contribution in [0.3, 0.4) is 0 Å². The van der Waals surface area contributed by atoms with Gasteiger partial charge in [-0.15, -0.1) is 0 Å². The fraction of sp³-hybridized carbons (Fsp3) is 0.333. The summed E-state index contributed by atoms with van der Waals surface area (Å²) in [4.78, 5) is 18.8. The van der Waals surface area contributed by atoms with Crippen molar-refractivity contribution in [2.24, 2.45) is 7.05 Å². The van der Waals surface area contributed by atoms with E-state index in [0.717, 1.165) is 17.0 Å². The normalized spacial score (nSPS) is 11.0. The lowest BCUT2D eigenvalue weighted by Gasteiger charge is -2.00. The van der Waals surface area contributed by atoms with Crippen LogP contribution in [0.1, 0.15) is 11.5 Å². The fourth-order valence-electron chi connectivity index (χ4n) is 1.40. The van der Waals surface area contributed by atoms with Gasteiger partial charge in [0.25, 0.3) is 5.56 Å². The van der Waals surface area contributed by atoms with Crippen LogP contribution < -0.4 is 5.56 Å². The molecule has 4 heteroatoms. The molecule has 2 aromatic heterocycles. The summed E-state index contributed by atoms with van der Waals surface area (Å²) in [6.45, 7) is 3.74. The molecule has 0 unspecified atom stereocenters. The van der Waals surface area contributed by atoms with Crippen LogP contribution in [0, 0.1) is 13.8 Å². The fourth-order valence-corrected chi connectivity index (χ4v) is 1.40. The number of hydrogen-bond donors (Lipinski definition) is 1. The number of aryl methyl sites for hydroxylation is 2. The van der Waals surface area contributed by atoms with Gasteiger partial charge in [0.1, 0.15) is 5.82 Å². The molecular weight excluding hydrogens is 166 g/mol. The molecule has 1 N–H and O–H groups in total. The van der Waals surface area contributed by atoms with Gasteiger partial charge < -0.3 is 9.55 Å². The zero-order valence-corrected chi connectivity index (χ0v) is 7.88. The molecule has 0 saturated carbocycles. The molecule has 2 heterocycles. The molecule has 0 spiro atoms. The average molecular weight is 177 g/mol. The second kappa shape index (κ2) is 2.45. The molecule has 0 fully saturated rings. The lowest BCUT2D eigenvalue weighted by molar-refractivity contribution is 0.828. The molecule has 0 amide bonds. The Morgan fingerprint density at radius 3 is 2.85 bits per heavy atom. The zero-order valence-electron chi connectivity index (χ0n) is 7.88. The van der Waals surface area contributed by atoms with Crippen LogP contribution >= 0.6 is 0 Å². The van der Waals surface area contributed by atoms with Gasteiger partial charge in [0.2, 0.25) is 0 Å². The summed E-state index contributed by atoms with van der Waals surface area (Å²) in [5.74, 6) is 0.776. The number of pyridine rings is 1. The first kappa shape index (κ1) is 8.04. The minimum atomic E-state index is -0.0423. The van der Waals surface area contributed by atoms with Crippen LogP contribution in [-0.2, 0) is 7.05 Å². The largest absolute Gasteiger partial charge is 0.342 e. The van der Waals surface area contributed by atoms with E-state index in [1.807, 2.05) is 19.9 Å². The highest BCUT2D eigenvalue weighted by atomic mass is 16.1. The second-order valence-electron chi connectivity index (χ2n) is 3.23. The summed E-state index contributed by atoms with van der Waals surface area (Å²) in [6.07, 6.45) is 0. The van der Waals surface area contributed by atoms with Gasteiger partial charge in [-0.1, -0.05) is 0 Å². The second-order valence-corrected chi connectivity index (χ2v) is 3.23. The van der Waals surface area contributed by atoms with Gasteiger partial charge in [-0.25, -0.2) is 4.98 Å². The minimum absolute atomic E-state index is 0.0423. The van der Waals surface area contributed by atoms with Crippen molar-refractivity contribution >= 4 is 11.0 Å². The van der Waals surface area contributed by atoms with E-state index in [-0.39, 0.29) is 5.56 Å². The van der Waals surface area contributed by atoms with E-state index in [1.165, 1.54) is 0 Å². The topological polar surface area (TPSA) is 50.7 Å². The van der Waals surface area contributed by atoms with E-state index < -0.39 is 0 Å². The van der Waals surface area contributed by atoms with Gasteiger partial charge in [0.15, 0.2) is 5.52 Å². The van der Waals surface area contributed by atoms with Crippen LogP contribution in [0.25, 0.3) is 11.0 Å². The first-order valence-electron chi connectivity index (χ1n) is 4.12. The van der Waals surface area contributed by atoms with Crippen LogP contribution in [-0.4, -0.2) is 14.5 Å². The van der Waals surface area contributed by atoms with Gasteiger partial charge in [-0.3, -0.25) is 4.79 Å². The molecule has 0 bridgehead atoms. The summed E-state index contributed by atoms with van der Waals surface area (Å²) in [5, 5.41) is 0. The van der Waals surface area contributed by atoms with Gasteiger partial charge in [0, 0.05) is 12.7 Å². The number of aromatic amines is 1. The van der Waals surface area contributed by atoms with Crippen molar-refractivity contribution in [1.29, 1.82) is 0 Å². The summed E-state index contributed by atoms with van der Waals surface area (Å²) in [7, 11) is 1.75. The van der Waals surface area contributed by atoms with Crippen LogP contribution in [0.5, 0.6) is 0 Å². The molecule has 0 aromatic carbocycles. The first-order valence-corrected chi connectivity index (χ1v) is 4.12. The van der Waals surface area contributed by atoms with Crippen LogP contribution in [0.2, 0.25) is 0 Å². The maximum atomic E-state index is 11.6. The summed E-state index contributed by atoms with van der Waals surface area (Å²) < 4.78 is 1.60. The van der Waals surface area contributed by atoms with Gasteiger partial charge in [-0.05, 0) is 19.9 Å². The molecule has 0 aliphatic carbocycles. The highest BCUT2D eigenvalue weighted by Gasteiger charge is 2.06. The highest BCUT2D eigenvalue weighted by molar-refractivity contribution is 5.74. The monoisotopic (exact) mass is 177 g/mol. The number of hydrogen-bond acceptors (Lipinski definition) is 2. The molecule has 0 aliphatic rings. The van der Waals surface area contributed by atoms with Crippen LogP contribution in [0.15, 0.2) is 10.9 Å². The molecule has 0 saturated heterocycles. The number of nitrogens with zero attached hydrogens (tertiary/aromatic N) is 2. The van der Waals surface area contributed by atoms with E-state index in [1.54, 1.807) is 11.6 Å². The molecule has 0 radical (unpaired) electrons. The van der Waals surface area contributed by atoms with Crippen molar-refractivity contribution < 1.29 is 0 Å². The third-order valence-corrected chi connectivity index (χ3v) is 2.24. The Labute approximate surface area is 75.2 Å². The first-order chi connectivity index (χ1) is 6.09.